The van der Waals surface area contributed by atoms with Crippen molar-refractivity contribution < 1.29 is 9.72 Å². The fourth-order valence-electron chi connectivity index (χ4n) is 3.13. The van der Waals surface area contributed by atoms with Gasteiger partial charge in [-0.1, -0.05) is 6.92 Å². The van der Waals surface area contributed by atoms with Crippen LogP contribution >= 0.6 is 11.3 Å². The van der Waals surface area contributed by atoms with E-state index >= 15 is 0 Å². The Morgan fingerprint density at radius 2 is 2.25 bits per heavy atom. The van der Waals surface area contributed by atoms with Crippen molar-refractivity contribution in [2.45, 2.75) is 32.4 Å². The lowest BCUT2D eigenvalue weighted by atomic mass is 9.98. The van der Waals surface area contributed by atoms with E-state index in [4.69, 9.17) is 0 Å². The van der Waals surface area contributed by atoms with Crippen LogP contribution < -0.4 is 5.43 Å². The van der Waals surface area contributed by atoms with E-state index in [1.165, 1.54) is 21.2 Å². The van der Waals surface area contributed by atoms with E-state index in [1.807, 2.05) is 17.2 Å². The standard InChI is InChI=1S/C16H17N3O4S/c1-2-12-11-5-8-24-15(11)4-7-18(12)16(21)10-17-6-3-14(20)13(9-17)19(22)23/h3,5-6,8-9,12H,2,4,7,10H2,1H3. The summed E-state index contributed by atoms with van der Waals surface area (Å²) in [5.41, 5.74) is 0.0279. The minimum absolute atomic E-state index is 0.0168. The topological polar surface area (TPSA) is 85.5 Å². The number of hydrogen-bond donors (Lipinski definition) is 0. The summed E-state index contributed by atoms with van der Waals surface area (Å²) in [6, 6.07) is 3.23. The van der Waals surface area contributed by atoms with Crippen molar-refractivity contribution in [2.75, 3.05) is 6.54 Å². The number of nitrogens with zero attached hydrogens (tertiary/aromatic N) is 3. The van der Waals surface area contributed by atoms with Gasteiger partial charge in [-0.25, -0.2) is 0 Å². The van der Waals surface area contributed by atoms with Crippen LogP contribution in [0, 0.1) is 10.1 Å². The Bertz CT molecular complexity index is 842. The maximum absolute atomic E-state index is 12.7. The number of rotatable bonds is 4. The number of pyridine rings is 1. The van der Waals surface area contributed by atoms with Gasteiger partial charge in [-0.2, -0.15) is 0 Å². The van der Waals surface area contributed by atoms with E-state index < -0.39 is 16.0 Å². The Hall–Kier alpha value is -2.48. The van der Waals surface area contributed by atoms with Gasteiger partial charge in [0.2, 0.25) is 5.91 Å². The van der Waals surface area contributed by atoms with Gasteiger partial charge >= 0.3 is 5.69 Å². The van der Waals surface area contributed by atoms with Gasteiger partial charge in [0.05, 0.1) is 17.2 Å². The molecule has 3 heterocycles. The van der Waals surface area contributed by atoms with Gasteiger partial charge in [-0.3, -0.25) is 19.7 Å². The zero-order valence-electron chi connectivity index (χ0n) is 13.2. The zero-order valence-corrected chi connectivity index (χ0v) is 14.0. The lowest BCUT2D eigenvalue weighted by Crippen LogP contribution is -2.41. The molecule has 1 aliphatic heterocycles. The molecule has 0 N–H and O–H groups in total. The molecular weight excluding hydrogens is 330 g/mol. The molecule has 24 heavy (non-hydrogen) atoms. The minimum Gasteiger partial charge on any atom is -0.339 e. The SMILES string of the molecule is CCC1c2ccsc2CCN1C(=O)Cn1ccc(=O)c([N+](=O)[O-])c1. The molecule has 0 aliphatic carbocycles. The quantitative estimate of drug-likeness (QED) is 0.628. The Labute approximate surface area is 142 Å². The monoisotopic (exact) mass is 347 g/mol. The molecule has 7 nitrogen and oxygen atoms in total. The molecule has 1 amide bonds. The van der Waals surface area contributed by atoms with Crippen molar-refractivity contribution in [3.8, 4) is 0 Å². The maximum atomic E-state index is 12.7. The Balaban J connectivity index is 1.82. The highest BCUT2D eigenvalue weighted by Gasteiger charge is 2.30. The van der Waals surface area contributed by atoms with Crippen LogP contribution in [0.15, 0.2) is 34.7 Å². The van der Waals surface area contributed by atoms with Gasteiger partial charge < -0.3 is 9.47 Å². The fourth-order valence-corrected chi connectivity index (χ4v) is 4.06. The average molecular weight is 347 g/mol. The van der Waals surface area contributed by atoms with Crippen LogP contribution in [0.5, 0.6) is 0 Å². The van der Waals surface area contributed by atoms with E-state index in [0.717, 1.165) is 25.1 Å². The highest BCUT2D eigenvalue weighted by Crippen LogP contribution is 2.35. The van der Waals surface area contributed by atoms with E-state index in [0.29, 0.717) is 6.54 Å². The molecule has 126 valence electrons. The lowest BCUT2D eigenvalue weighted by molar-refractivity contribution is -0.386. The number of fused-ring (bicyclic) bond motifs is 1. The van der Waals surface area contributed by atoms with Crippen molar-refractivity contribution >= 4 is 22.9 Å². The molecule has 8 heteroatoms. The summed E-state index contributed by atoms with van der Waals surface area (Å²) in [4.78, 5) is 37.4. The summed E-state index contributed by atoms with van der Waals surface area (Å²) in [6.45, 7) is 2.67. The van der Waals surface area contributed by atoms with Crippen LogP contribution in [0.25, 0.3) is 0 Å². The van der Waals surface area contributed by atoms with Crippen molar-refractivity contribution in [3.63, 3.8) is 0 Å². The first-order chi connectivity index (χ1) is 11.5. The van der Waals surface area contributed by atoms with Crippen LogP contribution in [0.2, 0.25) is 0 Å². The van der Waals surface area contributed by atoms with Gasteiger partial charge in [-0.15, -0.1) is 11.3 Å². The molecule has 0 bridgehead atoms. The van der Waals surface area contributed by atoms with Gasteiger partial charge in [-0.05, 0) is 29.9 Å². The molecule has 0 aromatic carbocycles. The lowest BCUT2D eigenvalue weighted by Gasteiger charge is -2.35. The molecule has 0 saturated carbocycles. The van der Waals surface area contributed by atoms with E-state index in [9.17, 15) is 19.7 Å². The van der Waals surface area contributed by atoms with Crippen LogP contribution in [0.1, 0.15) is 29.8 Å². The summed E-state index contributed by atoms with van der Waals surface area (Å²) < 4.78 is 1.40. The molecule has 0 radical (unpaired) electrons. The number of nitro groups is 1. The molecule has 0 spiro atoms. The first-order valence-corrected chi connectivity index (χ1v) is 8.59. The fraction of sp³-hybridized carbons (Fsp3) is 0.375. The van der Waals surface area contributed by atoms with Crippen molar-refractivity contribution in [3.05, 3.63) is 60.7 Å². The Kier molecular flexibility index (Phi) is 4.48. The van der Waals surface area contributed by atoms with Gasteiger partial charge in [0, 0.05) is 23.7 Å². The molecule has 2 aromatic rings. The number of hydrogen-bond acceptors (Lipinski definition) is 5. The highest BCUT2D eigenvalue weighted by molar-refractivity contribution is 7.10. The van der Waals surface area contributed by atoms with E-state index in [-0.39, 0.29) is 18.5 Å². The minimum atomic E-state index is -0.726. The Morgan fingerprint density at radius 1 is 1.46 bits per heavy atom. The predicted molar refractivity (Wildman–Crippen MR) is 90.1 cm³/mol. The number of aromatic nitrogens is 1. The summed E-state index contributed by atoms with van der Waals surface area (Å²) in [5.74, 6) is -0.100. The third kappa shape index (κ3) is 2.96. The van der Waals surface area contributed by atoms with Crippen LogP contribution in [-0.2, 0) is 17.8 Å². The molecule has 1 aliphatic rings. The van der Waals surface area contributed by atoms with E-state index in [1.54, 1.807) is 11.3 Å². The first-order valence-electron chi connectivity index (χ1n) is 7.71. The third-order valence-electron chi connectivity index (χ3n) is 4.27. The molecular formula is C16H17N3O4S. The second-order valence-electron chi connectivity index (χ2n) is 5.68. The highest BCUT2D eigenvalue weighted by atomic mass is 32.1. The van der Waals surface area contributed by atoms with Gasteiger partial charge in [0.15, 0.2) is 0 Å². The molecule has 0 fully saturated rings. The smallest absolute Gasteiger partial charge is 0.332 e. The number of carbonyl (C=O) groups is 1. The molecule has 0 saturated heterocycles. The molecule has 1 atom stereocenters. The molecule has 2 aromatic heterocycles. The van der Waals surface area contributed by atoms with Crippen LogP contribution in [0.3, 0.4) is 0 Å². The summed E-state index contributed by atoms with van der Waals surface area (Å²) in [6.07, 6.45) is 4.19. The number of carbonyl (C=O) groups excluding carboxylic acids is 1. The zero-order chi connectivity index (χ0) is 17.3. The Morgan fingerprint density at radius 3 is 2.96 bits per heavy atom. The van der Waals surface area contributed by atoms with Crippen LogP contribution in [0.4, 0.5) is 5.69 Å². The average Bonchev–Trinajstić information content (AvgIpc) is 3.03. The second kappa shape index (κ2) is 6.56. The summed E-state index contributed by atoms with van der Waals surface area (Å²) in [7, 11) is 0. The predicted octanol–water partition coefficient (Wildman–Crippen LogP) is 2.35. The van der Waals surface area contributed by atoms with Crippen molar-refractivity contribution in [1.82, 2.24) is 9.47 Å². The third-order valence-corrected chi connectivity index (χ3v) is 5.27. The summed E-state index contributed by atoms with van der Waals surface area (Å²) >= 11 is 1.72. The molecule has 3 rings (SSSR count). The maximum Gasteiger partial charge on any atom is 0.332 e. The number of thiophene rings is 1. The first kappa shape index (κ1) is 16.4. The van der Waals surface area contributed by atoms with Gasteiger partial charge in [0.1, 0.15) is 6.54 Å². The van der Waals surface area contributed by atoms with Crippen molar-refractivity contribution in [2.24, 2.45) is 0 Å². The number of amides is 1. The second-order valence-corrected chi connectivity index (χ2v) is 6.68. The largest absolute Gasteiger partial charge is 0.339 e. The van der Waals surface area contributed by atoms with Gasteiger partial charge in [0.25, 0.3) is 5.43 Å². The van der Waals surface area contributed by atoms with Crippen LogP contribution in [-0.4, -0.2) is 26.8 Å². The summed E-state index contributed by atoms with van der Waals surface area (Å²) in [5, 5.41) is 12.9. The van der Waals surface area contributed by atoms with E-state index in [2.05, 4.69) is 6.07 Å². The van der Waals surface area contributed by atoms with Crippen molar-refractivity contribution in [1.29, 1.82) is 0 Å². The normalized spacial score (nSPS) is 16.7. The molecule has 1 unspecified atom stereocenters.